The van der Waals surface area contributed by atoms with E-state index in [4.69, 9.17) is 0 Å². The van der Waals surface area contributed by atoms with Gasteiger partial charge in [0.15, 0.2) is 0 Å². The molecule has 3 nitrogen and oxygen atoms in total. The molecule has 0 saturated carbocycles. The first-order valence-corrected chi connectivity index (χ1v) is 5.14. The van der Waals surface area contributed by atoms with Gasteiger partial charge in [0.25, 0.3) is 0 Å². The SMILES string of the molecule is c1c[nH]c(C2NCc3ccccc3N2)c1. The zero-order valence-corrected chi connectivity index (χ0v) is 8.33. The summed E-state index contributed by atoms with van der Waals surface area (Å²) < 4.78 is 0. The summed E-state index contributed by atoms with van der Waals surface area (Å²) in [6.07, 6.45) is 2.13. The predicted molar refractivity (Wildman–Crippen MR) is 60.4 cm³/mol. The Morgan fingerprint density at radius 2 is 2.00 bits per heavy atom. The molecule has 1 atom stereocenters. The second-order valence-electron chi connectivity index (χ2n) is 3.74. The van der Waals surface area contributed by atoms with Crippen LogP contribution in [-0.2, 0) is 6.54 Å². The van der Waals surface area contributed by atoms with Crippen molar-refractivity contribution in [2.45, 2.75) is 12.7 Å². The number of aromatic amines is 1. The average molecular weight is 199 g/mol. The fraction of sp³-hybridized carbons (Fsp3) is 0.167. The van der Waals surface area contributed by atoms with Crippen LogP contribution in [-0.4, -0.2) is 4.98 Å². The molecule has 1 unspecified atom stereocenters. The van der Waals surface area contributed by atoms with Crippen molar-refractivity contribution >= 4 is 5.69 Å². The molecule has 2 heterocycles. The van der Waals surface area contributed by atoms with Gasteiger partial charge >= 0.3 is 0 Å². The van der Waals surface area contributed by atoms with Crippen LogP contribution in [0.5, 0.6) is 0 Å². The lowest BCUT2D eigenvalue weighted by atomic mass is 10.1. The van der Waals surface area contributed by atoms with Gasteiger partial charge in [-0.3, -0.25) is 5.32 Å². The molecule has 0 spiro atoms. The molecule has 3 N–H and O–H groups in total. The highest BCUT2D eigenvalue weighted by Crippen LogP contribution is 2.24. The van der Waals surface area contributed by atoms with E-state index in [0.29, 0.717) is 0 Å². The smallest absolute Gasteiger partial charge is 0.119 e. The van der Waals surface area contributed by atoms with Gasteiger partial charge in [-0.2, -0.15) is 0 Å². The van der Waals surface area contributed by atoms with E-state index in [-0.39, 0.29) is 6.17 Å². The molecule has 0 aliphatic carbocycles. The van der Waals surface area contributed by atoms with Crippen molar-refractivity contribution in [3.8, 4) is 0 Å². The van der Waals surface area contributed by atoms with Gasteiger partial charge < -0.3 is 10.3 Å². The topological polar surface area (TPSA) is 39.9 Å². The molecule has 2 aromatic rings. The molecule has 1 aliphatic heterocycles. The Balaban J connectivity index is 1.89. The first-order valence-electron chi connectivity index (χ1n) is 5.14. The minimum Gasteiger partial charge on any atom is -0.365 e. The maximum absolute atomic E-state index is 3.46. The Morgan fingerprint density at radius 3 is 2.87 bits per heavy atom. The second-order valence-corrected chi connectivity index (χ2v) is 3.74. The Bertz CT molecular complexity index is 448. The Morgan fingerprint density at radius 1 is 1.07 bits per heavy atom. The zero-order valence-electron chi connectivity index (χ0n) is 8.33. The third kappa shape index (κ3) is 1.51. The number of nitrogens with one attached hydrogen (secondary N) is 3. The van der Waals surface area contributed by atoms with Crippen LogP contribution >= 0.6 is 0 Å². The van der Waals surface area contributed by atoms with Crippen LogP contribution in [0.1, 0.15) is 17.4 Å². The van der Waals surface area contributed by atoms with Gasteiger partial charge in [0.2, 0.25) is 0 Å². The van der Waals surface area contributed by atoms with E-state index in [1.807, 2.05) is 12.3 Å². The summed E-state index contributed by atoms with van der Waals surface area (Å²) >= 11 is 0. The van der Waals surface area contributed by atoms with E-state index in [1.165, 1.54) is 16.9 Å². The quantitative estimate of drug-likeness (QED) is 0.659. The third-order valence-electron chi connectivity index (χ3n) is 2.75. The normalized spacial score (nSPS) is 19.3. The standard InChI is InChI=1S/C12H13N3/c1-2-5-10-9(4-1)8-14-12(15-10)11-6-3-7-13-11/h1-7,12-15H,8H2. The molecular formula is C12H13N3. The summed E-state index contributed by atoms with van der Waals surface area (Å²) in [6, 6.07) is 12.5. The van der Waals surface area contributed by atoms with E-state index >= 15 is 0 Å². The highest BCUT2D eigenvalue weighted by molar-refractivity contribution is 5.53. The van der Waals surface area contributed by atoms with Crippen LogP contribution in [0.3, 0.4) is 0 Å². The summed E-state index contributed by atoms with van der Waals surface area (Å²) in [4.78, 5) is 3.21. The lowest BCUT2D eigenvalue weighted by Crippen LogP contribution is -2.32. The van der Waals surface area contributed by atoms with Crippen LogP contribution in [0.4, 0.5) is 5.69 Å². The van der Waals surface area contributed by atoms with Gasteiger partial charge in [-0.05, 0) is 23.8 Å². The van der Waals surface area contributed by atoms with Crippen molar-refractivity contribution in [2.75, 3.05) is 5.32 Å². The Labute approximate surface area is 88.5 Å². The van der Waals surface area contributed by atoms with Crippen LogP contribution in [0.25, 0.3) is 0 Å². The highest BCUT2D eigenvalue weighted by Gasteiger charge is 2.17. The van der Waals surface area contributed by atoms with E-state index in [2.05, 4.69) is 45.9 Å². The van der Waals surface area contributed by atoms with E-state index < -0.39 is 0 Å². The molecule has 1 aliphatic rings. The summed E-state index contributed by atoms with van der Waals surface area (Å²) in [5, 5.41) is 6.89. The van der Waals surface area contributed by atoms with Crippen LogP contribution in [0.2, 0.25) is 0 Å². The van der Waals surface area contributed by atoms with Crippen LogP contribution in [0.15, 0.2) is 42.6 Å². The molecule has 3 rings (SSSR count). The van der Waals surface area contributed by atoms with Gasteiger partial charge in [0, 0.05) is 18.4 Å². The third-order valence-corrected chi connectivity index (χ3v) is 2.75. The van der Waals surface area contributed by atoms with Crippen molar-refractivity contribution in [3.05, 3.63) is 53.9 Å². The van der Waals surface area contributed by atoms with Gasteiger partial charge in [-0.15, -0.1) is 0 Å². The zero-order chi connectivity index (χ0) is 10.1. The number of para-hydroxylation sites is 1. The Kier molecular flexibility index (Phi) is 1.96. The average Bonchev–Trinajstić information content (AvgIpc) is 2.82. The van der Waals surface area contributed by atoms with Crippen LogP contribution in [0, 0.1) is 0 Å². The van der Waals surface area contributed by atoms with Gasteiger partial charge in [-0.25, -0.2) is 0 Å². The molecule has 1 aromatic carbocycles. The van der Waals surface area contributed by atoms with Gasteiger partial charge in [0.05, 0.1) is 5.69 Å². The molecule has 0 bridgehead atoms. The van der Waals surface area contributed by atoms with Gasteiger partial charge in [-0.1, -0.05) is 18.2 Å². The molecule has 0 amide bonds. The van der Waals surface area contributed by atoms with E-state index in [9.17, 15) is 0 Å². The lowest BCUT2D eigenvalue weighted by molar-refractivity contribution is 0.556. The minimum absolute atomic E-state index is 0.190. The second kappa shape index (κ2) is 3.44. The fourth-order valence-electron chi connectivity index (χ4n) is 1.95. The monoisotopic (exact) mass is 199 g/mol. The number of H-pyrrole nitrogens is 1. The number of anilines is 1. The van der Waals surface area contributed by atoms with Gasteiger partial charge in [0.1, 0.15) is 6.17 Å². The van der Waals surface area contributed by atoms with E-state index in [1.54, 1.807) is 0 Å². The van der Waals surface area contributed by atoms with Crippen molar-refractivity contribution in [1.29, 1.82) is 0 Å². The first-order chi connectivity index (χ1) is 7.43. The summed E-state index contributed by atoms with van der Waals surface area (Å²) in [7, 11) is 0. The fourth-order valence-corrected chi connectivity index (χ4v) is 1.95. The summed E-state index contributed by atoms with van der Waals surface area (Å²) in [5.41, 5.74) is 3.71. The molecule has 76 valence electrons. The number of hydrogen-bond acceptors (Lipinski definition) is 2. The maximum Gasteiger partial charge on any atom is 0.119 e. The number of rotatable bonds is 1. The molecule has 15 heavy (non-hydrogen) atoms. The number of fused-ring (bicyclic) bond motifs is 1. The predicted octanol–water partition coefficient (Wildman–Crippen LogP) is 2.23. The summed E-state index contributed by atoms with van der Waals surface area (Å²) in [6.45, 7) is 0.910. The molecule has 0 radical (unpaired) electrons. The minimum atomic E-state index is 0.190. The lowest BCUT2D eigenvalue weighted by Gasteiger charge is -2.27. The molecule has 0 saturated heterocycles. The molecular weight excluding hydrogens is 186 g/mol. The van der Waals surface area contributed by atoms with Crippen molar-refractivity contribution in [3.63, 3.8) is 0 Å². The number of benzene rings is 1. The first kappa shape index (κ1) is 8.56. The van der Waals surface area contributed by atoms with E-state index in [0.717, 1.165) is 6.54 Å². The summed E-state index contributed by atoms with van der Waals surface area (Å²) in [5.74, 6) is 0. The number of aromatic nitrogens is 1. The van der Waals surface area contributed by atoms with Crippen molar-refractivity contribution in [2.24, 2.45) is 0 Å². The molecule has 0 fully saturated rings. The molecule has 3 heteroatoms. The Hall–Kier alpha value is -1.74. The largest absolute Gasteiger partial charge is 0.365 e. The maximum atomic E-state index is 3.46. The highest BCUT2D eigenvalue weighted by atomic mass is 15.2. The van der Waals surface area contributed by atoms with Crippen molar-refractivity contribution < 1.29 is 0 Å². The van der Waals surface area contributed by atoms with Crippen LogP contribution < -0.4 is 10.6 Å². The number of hydrogen-bond donors (Lipinski definition) is 3. The van der Waals surface area contributed by atoms with Crippen molar-refractivity contribution in [1.82, 2.24) is 10.3 Å². The molecule has 1 aromatic heterocycles.